The number of aliphatic hydroxyl groups is 1. The van der Waals surface area contributed by atoms with Crippen LogP contribution < -0.4 is 0 Å². The van der Waals surface area contributed by atoms with Crippen molar-refractivity contribution in [2.75, 3.05) is 39.6 Å². The largest absolute Gasteiger partial charge is 0.472 e. The van der Waals surface area contributed by atoms with Crippen molar-refractivity contribution in [3.63, 3.8) is 0 Å². The van der Waals surface area contributed by atoms with Crippen molar-refractivity contribution in [2.24, 2.45) is 0 Å². The lowest BCUT2D eigenvalue weighted by Crippen LogP contribution is -2.30. The zero-order valence-corrected chi connectivity index (χ0v) is 68.4. The Kier molecular flexibility index (Phi) is 75.8. The number of phosphoric ester groups is 2. The molecule has 0 aromatic carbocycles. The van der Waals surface area contributed by atoms with E-state index in [1.807, 2.05) is 0 Å². The second-order valence-electron chi connectivity index (χ2n) is 29.9. The summed E-state index contributed by atoms with van der Waals surface area (Å²) in [6.45, 7) is 5.06. The van der Waals surface area contributed by atoms with Gasteiger partial charge in [-0.05, 0) is 25.7 Å². The molecule has 606 valence electrons. The molecule has 0 heterocycles. The fourth-order valence-electron chi connectivity index (χ4n) is 13.0. The van der Waals surface area contributed by atoms with Crippen molar-refractivity contribution in [1.29, 1.82) is 0 Å². The maximum atomic E-state index is 13.1. The quantitative estimate of drug-likeness (QED) is 0.0222. The fraction of sp³-hybridized carbons (Fsp3) is 0.952. The number of carbonyl (C=O) groups excluding carboxylic acids is 4. The lowest BCUT2D eigenvalue weighted by Gasteiger charge is -2.21. The van der Waals surface area contributed by atoms with Crippen molar-refractivity contribution in [2.45, 2.75) is 470 Å². The van der Waals surface area contributed by atoms with Crippen LogP contribution in [-0.2, 0) is 65.4 Å². The first-order valence-electron chi connectivity index (χ1n) is 43.3. The molecule has 0 aromatic rings. The van der Waals surface area contributed by atoms with Crippen LogP contribution in [0.5, 0.6) is 0 Å². The summed E-state index contributed by atoms with van der Waals surface area (Å²) in [4.78, 5) is 73.2. The molecular weight excluding hydrogens is 1330 g/mol. The van der Waals surface area contributed by atoms with Crippen LogP contribution in [0.4, 0.5) is 0 Å². The molecule has 0 aliphatic heterocycles. The molecule has 0 bridgehead atoms. The minimum atomic E-state index is -4.96. The fourth-order valence-corrected chi connectivity index (χ4v) is 14.6. The summed E-state index contributed by atoms with van der Waals surface area (Å²) in [6.07, 6.45) is 70.6. The Morgan fingerprint density at radius 1 is 0.235 bits per heavy atom. The van der Waals surface area contributed by atoms with E-state index in [2.05, 4.69) is 27.7 Å². The molecule has 0 aromatic heterocycles. The predicted octanol–water partition coefficient (Wildman–Crippen LogP) is 25.4. The summed E-state index contributed by atoms with van der Waals surface area (Å²) < 4.78 is 68.8. The molecule has 0 fully saturated rings. The van der Waals surface area contributed by atoms with E-state index in [4.69, 9.17) is 37.0 Å². The summed E-state index contributed by atoms with van der Waals surface area (Å²) in [6, 6.07) is 0. The summed E-state index contributed by atoms with van der Waals surface area (Å²) in [5.74, 6) is -2.10. The van der Waals surface area contributed by atoms with E-state index >= 15 is 0 Å². The molecule has 102 heavy (non-hydrogen) atoms. The normalized spacial score (nSPS) is 13.8. The Labute approximate surface area is 626 Å². The highest BCUT2D eigenvalue weighted by Crippen LogP contribution is 2.45. The van der Waals surface area contributed by atoms with Crippen molar-refractivity contribution in [3.05, 3.63) is 0 Å². The minimum Gasteiger partial charge on any atom is -0.462 e. The lowest BCUT2D eigenvalue weighted by molar-refractivity contribution is -0.161. The van der Waals surface area contributed by atoms with E-state index < -0.39 is 97.5 Å². The summed E-state index contributed by atoms with van der Waals surface area (Å²) in [5.41, 5.74) is 0. The highest BCUT2D eigenvalue weighted by molar-refractivity contribution is 7.47. The molecule has 0 amide bonds. The molecule has 0 saturated heterocycles. The molecule has 0 radical (unpaired) electrons. The Bertz CT molecular complexity index is 1930. The number of unbranched alkanes of at least 4 members (excludes halogenated alkanes) is 58. The third-order valence-corrected chi connectivity index (χ3v) is 21.5. The van der Waals surface area contributed by atoms with Crippen LogP contribution in [0.25, 0.3) is 0 Å². The van der Waals surface area contributed by atoms with Gasteiger partial charge < -0.3 is 33.8 Å². The topological polar surface area (TPSA) is 237 Å². The Balaban J connectivity index is 5.26. The number of carbonyl (C=O) groups is 4. The number of phosphoric acid groups is 2. The average molecular weight is 1490 g/mol. The first-order chi connectivity index (χ1) is 49.7. The summed E-state index contributed by atoms with van der Waals surface area (Å²) in [5, 5.41) is 10.7. The van der Waals surface area contributed by atoms with Gasteiger partial charge in [-0.25, -0.2) is 9.13 Å². The SMILES string of the molecule is CCCCCCCCCCCCCCCCCCCC(=O)OC[C@H](COP(=O)(O)OC[C@H](O)COP(=O)(O)OC[C@@H](COC(=O)CCCCCCCCCCCCCCC)OC(=O)CCCCCCCCCCCCCCCCCCC)OC(=O)CCCCCCCCCCCCCCCCC. The van der Waals surface area contributed by atoms with Crippen LogP contribution in [-0.4, -0.2) is 96.7 Å². The molecule has 17 nitrogen and oxygen atoms in total. The lowest BCUT2D eigenvalue weighted by atomic mass is 10.0. The summed E-state index contributed by atoms with van der Waals surface area (Å²) >= 11 is 0. The molecule has 2 unspecified atom stereocenters. The third-order valence-electron chi connectivity index (χ3n) is 19.6. The Hall–Kier alpha value is -1.94. The van der Waals surface area contributed by atoms with E-state index in [9.17, 15) is 43.2 Å². The second kappa shape index (κ2) is 77.2. The van der Waals surface area contributed by atoms with E-state index in [1.165, 1.54) is 283 Å². The number of hydrogen-bond acceptors (Lipinski definition) is 15. The van der Waals surface area contributed by atoms with Gasteiger partial charge in [-0.1, -0.05) is 400 Å². The van der Waals surface area contributed by atoms with E-state index in [1.54, 1.807) is 0 Å². The minimum absolute atomic E-state index is 0.109. The number of aliphatic hydroxyl groups excluding tert-OH is 1. The smallest absolute Gasteiger partial charge is 0.462 e. The van der Waals surface area contributed by atoms with Crippen LogP contribution in [0, 0.1) is 0 Å². The predicted molar refractivity (Wildman–Crippen MR) is 419 cm³/mol. The second-order valence-corrected chi connectivity index (χ2v) is 32.8. The maximum Gasteiger partial charge on any atom is 0.472 e. The van der Waals surface area contributed by atoms with E-state index in [-0.39, 0.29) is 25.7 Å². The number of esters is 4. The van der Waals surface area contributed by atoms with Crippen LogP contribution in [0.1, 0.15) is 451 Å². The van der Waals surface area contributed by atoms with E-state index in [0.717, 1.165) is 89.9 Å². The molecule has 5 atom stereocenters. The van der Waals surface area contributed by atoms with Gasteiger partial charge in [-0.3, -0.25) is 37.3 Å². The molecule has 0 spiro atoms. The third kappa shape index (κ3) is 76.3. The first-order valence-corrected chi connectivity index (χ1v) is 46.3. The molecule has 3 N–H and O–H groups in total. The van der Waals surface area contributed by atoms with Gasteiger partial charge in [0.25, 0.3) is 0 Å². The molecule has 19 heteroatoms. The van der Waals surface area contributed by atoms with Gasteiger partial charge in [0.2, 0.25) is 0 Å². The average Bonchev–Trinajstić information content (AvgIpc) is 0.951. The molecule has 0 saturated carbocycles. The molecule has 0 aliphatic rings. The Morgan fingerprint density at radius 2 is 0.392 bits per heavy atom. The van der Waals surface area contributed by atoms with Crippen molar-refractivity contribution >= 4 is 39.5 Å². The van der Waals surface area contributed by atoms with Gasteiger partial charge in [0, 0.05) is 25.7 Å². The van der Waals surface area contributed by atoms with Crippen LogP contribution in [0.3, 0.4) is 0 Å². The molecular formula is C83H162O17P2. The number of ether oxygens (including phenoxy) is 4. The summed E-state index contributed by atoms with van der Waals surface area (Å²) in [7, 11) is -9.92. The monoisotopic (exact) mass is 1490 g/mol. The van der Waals surface area contributed by atoms with Gasteiger partial charge in [-0.2, -0.15) is 0 Å². The maximum absolute atomic E-state index is 13.1. The van der Waals surface area contributed by atoms with Gasteiger partial charge in [0.15, 0.2) is 12.2 Å². The van der Waals surface area contributed by atoms with Crippen molar-refractivity contribution in [3.8, 4) is 0 Å². The van der Waals surface area contributed by atoms with Crippen molar-refractivity contribution in [1.82, 2.24) is 0 Å². The van der Waals surface area contributed by atoms with Crippen LogP contribution in [0.2, 0.25) is 0 Å². The molecule has 0 rings (SSSR count). The first kappa shape index (κ1) is 100. The molecule has 0 aliphatic carbocycles. The van der Waals surface area contributed by atoms with Crippen LogP contribution in [0.15, 0.2) is 0 Å². The van der Waals surface area contributed by atoms with Gasteiger partial charge in [-0.15, -0.1) is 0 Å². The van der Waals surface area contributed by atoms with Gasteiger partial charge >= 0.3 is 39.5 Å². The highest BCUT2D eigenvalue weighted by Gasteiger charge is 2.30. The van der Waals surface area contributed by atoms with E-state index in [0.29, 0.717) is 25.7 Å². The zero-order valence-electron chi connectivity index (χ0n) is 66.6. The number of rotatable bonds is 84. The standard InChI is InChI=1S/C83H162O17P2/c1-5-9-13-17-21-25-29-33-36-38-41-44-48-52-56-60-64-68-81(86)94-74-79(99-82(87)69-65-61-57-53-49-45-40-35-31-27-23-19-15-11-7-3)76-98-102(91,92)96-72-77(84)71-95-101(89,90)97-75-78(73-93-80(85)67-63-59-55-51-47-43-32-28-24-20-16-12-8-4)100-83(88)70-66-62-58-54-50-46-42-39-37-34-30-26-22-18-14-10-6-2/h77-79,84H,5-76H2,1-4H3,(H,89,90)(H,91,92)/t77-,78-,79-/m1/s1. The van der Waals surface area contributed by atoms with Crippen molar-refractivity contribution < 1.29 is 80.2 Å². The Morgan fingerprint density at radius 3 is 0.578 bits per heavy atom. The zero-order chi connectivity index (χ0) is 74.6. The van der Waals surface area contributed by atoms with Crippen LogP contribution >= 0.6 is 15.6 Å². The number of hydrogen-bond donors (Lipinski definition) is 3. The van der Waals surface area contributed by atoms with Gasteiger partial charge in [0.1, 0.15) is 19.3 Å². The van der Waals surface area contributed by atoms with Gasteiger partial charge in [0.05, 0.1) is 26.4 Å². The highest BCUT2D eigenvalue weighted by atomic mass is 31.2.